The van der Waals surface area contributed by atoms with E-state index in [9.17, 15) is 0 Å². The molecule has 0 radical (unpaired) electrons. The van der Waals surface area contributed by atoms with Crippen molar-refractivity contribution in [1.82, 2.24) is 0 Å². The van der Waals surface area contributed by atoms with Crippen LogP contribution in [-0.2, 0) is 0 Å². The lowest BCUT2D eigenvalue weighted by atomic mass is 10.1. The summed E-state index contributed by atoms with van der Waals surface area (Å²) >= 11 is 5.11. The molecule has 0 saturated heterocycles. The Labute approximate surface area is 125 Å². The van der Waals surface area contributed by atoms with Gasteiger partial charge in [-0.2, -0.15) is 0 Å². The molecule has 104 valence electrons. The molecule has 2 rings (SSSR count). The Morgan fingerprint density at radius 3 is 2.30 bits per heavy atom. The summed E-state index contributed by atoms with van der Waals surface area (Å²) in [6.07, 6.45) is 0. The number of nitrogens with two attached hydrogens (primary N) is 1. The van der Waals surface area contributed by atoms with E-state index in [-0.39, 0.29) is 0 Å². The van der Waals surface area contributed by atoms with Crippen LogP contribution in [0.2, 0.25) is 0 Å². The SMILES string of the molecule is Cc1cc(C)c(C)c(Oc2ccc(C)cc2C(N)=S)c1. The molecular weight excluding hydrogens is 266 g/mol. The number of hydrogen-bond donors (Lipinski definition) is 1. The van der Waals surface area contributed by atoms with Gasteiger partial charge in [0, 0.05) is 0 Å². The molecule has 0 heterocycles. The molecule has 2 aromatic rings. The van der Waals surface area contributed by atoms with Crippen molar-refractivity contribution >= 4 is 17.2 Å². The fraction of sp³-hybridized carbons (Fsp3) is 0.235. The van der Waals surface area contributed by atoms with Gasteiger partial charge in [-0.1, -0.05) is 29.9 Å². The lowest BCUT2D eigenvalue weighted by Gasteiger charge is -2.15. The Kier molecular flexibility index (Phi) is 4.09. The Morgan fingerprint density at radius 1 is 0.950 bits per heavy atom. The third-order valence-corrected chi connectivity index (χ3v) is 3.60. The van der Waals surface area contributed by atoms with Gasteiger partial charge in [-0.05, 0) is 62.6 Å². The van der Waals surface area contributed by atoms with E-state index < -0.39 is 0 Å². The second-order valence-electron chi connectivity index (χ2n) is 5.17. The Morgan fingerprint density at radius 2 is 1.65 bits per heavy atom. The van der Waals surface area contributed by atoms with Crippen LogP contribution in [0.4, 0.5) is 0 Å². The predicted molar refractivity (Wildman–Crippen MR) is 87.8 cm³/mol. The first-order chi connectivity index (χ1) is 9.38. The van der Waals surface area contributed by atoms with E-state index in [4.69, 9.17) is 22.7 Å². The first-order valence-electron chi connectivity index (χ1n) is 6.54. The zero-order valence-electron chi connectivity index (χ0n) is 12.3. The Balaban J connectivity index is 2.48. The van der Waals surface area contributed by atoms with E-state index in [1.807, 2.05) is 31.2 Å². The molecule has 2 N–H and O–H groups in total. The van der Waals surface area contributed by atoms with Crippen LogP contribution in [-0.4, -0.2) is 4.99 Å². The summed E-state index contributed by atoms with van der Waals surface area (Å²) in [5.41, 5.74) is 11.2. The minimum atomic E-state index is 0.353. The molecule has 0 saturated carbocycles. The van der Waals surface area contributed by atoms with Crippen molar-refractivity contribution in [3.8, 4) is 11.5 Å². The van der Waals surface area contributed by atoms with Gasteiger partial charge in [-0.15, -0.1) is 0 Å². The normalized spacial score (nSPS) is 10.4. The van der Waals surface area contributed by atoms with E-state index >= 15 is 0 Å². The smallest absolute Gasteiger partial charge is 0.137 e. The van der Waals surface area contributed by atoms with Gasteiger partial charge < -0.3 is 10.5 Å². The third-order valence-electron chi connectivity index (χ3n) is 3.38. The minimum Gasteiger partial charge on any atom is -0.456 e. The number of thiocarbonyl (C=S) groups is 1. The van der Waals surface area contributed by atoms with Crippen molar-refractivity contribution in [2.75, 3.05) is 0 Å². The lowest BCUT2D eigenvalue weighted by molar-refractivity contribution is 0.477. The molecule has 0 aliphatic carbocycles. The first-order valence-corrected chi connectivity index (χ1v) is 6.95. The van der Waals surface area contributed by atoms with Crippen molar-refractivity contribution in [2.45, 2.75) is 27.7 Å². The molecule has 0 aliphatic heterocycles. The quantitative estimate of drug-likeness (QED) is 0.852. The Bertz CT molecular complexity index is 677. The van der Waals surface area contributed by atoms with Crippen LogP contribution in [0.3, 0.4) is 0 Å². The number of ether oxygens (including phenoxy) is 1. The maximum absolute atomic E-state index is 6.05. The van der Waals surface area contributed by atoms with Gasteiger partial charge in [-0.25, -0.2) is 0 Å². The molecule has 3 heteroatoms. The molecule has 0 aliphatic rings. The van der Waals surface area contributed by atoms with Crippen molar-refractivity contribution in [2.24, 2.45) is 5.73 Å². The molecule has 0 bridgehead atoms. The largest absolute Gasteiger partial charge is 0.456 e. The molecule has 2 aromatic carbocycles. The van der Waals surface area contributed by atoms with Crippen molar-refractivity contribution in [1.29, 1.82) is 0 Å². The summed E-state index contributed by atoms with van der Waals surface area (Å²) in [4.78, 5) is 0.353. The summed E-state index contributed by atoms with van der Waals surface area (Å²) < 4.78 is 6.05. The van der Waals surface area contributed by atoms with Gasteiger partial charge in [0.15, 0.2) is 0 Å². The van der Waals surface area contributed by atoms with Crippen LogP contribution in [0.1, 0.15) is 27.8 Å². The van der Waals surface area contributed by atoms with E-state index in [2.05, 4.69) is 26.8 Å². The van der Waals surface area contributed by atoms with Gasteiger partial charge >= 0.3 is 0 Å². The highest BCUT2D eigenvalue weighted by Gasteiger charge is 2.11. The average molecular weight is 285 g/mol. The van der Waals surface area contributed by atoms with Crippen LogP contribution in [0.15, 0.2) is 30.3 Å². The highest BCUT2D eigenvalue weighted by Crippen LogP contribution is 2.31. The first kappa shape index (κ1) is 14.5. The van der Waals surface area contributed by atoms with Gasteiger partial charge in [0.05, 0.1) is 5.56 Å². The fourth-order valence-corrected chi connectivity index (χ4v) is 2.31. The fourth-order valence-electron chi connectivity index (χ4n) is 2.15. The zero-order valence-corrected chi connectivity index (χ0v) is 13.1. The van der Waals surface area contributed by atoms with E-state index in [0.717, 1.165) is 22.4 Å². The maximum Gasteiger partial charge on any atom is 0.137 e. The van der Waals surface area contributed by atoms with Gasteiger partial charge in [0.25, 0.3) is 0 Å². The molecule has 0 atom stereocenters. The zero-order chi connectivity index (χ0) is 14.9. The van der Waals surface area contributed by atoms with Crippen LogP contribution in [0.25, 0.3) is 0 Å². The maximum atomic E-state index is 6.05. The summed E-state index contributed by atoms with van der Waals surface area (Å²) in [7, 11) is 0. The summed E-state index contributed by atoms with van der Waals surface area (Å²) in [5.74, 6) is 1.56. The van der Waals surface area contributed by atoms with E-state index in [1.165, 1.54) is 11.1 Å². The Hall–Kier alpha value is -1.87. The van der Waals surface area contributed by atoms with Crippen molar-refractivity contribution in [3.63, 3.8) is 0 Å². The number of aryl methyl sites for hydroxylation is 3. The standard InChI is InChI=1S/C17H19NOS/c1-10-5-6-15(14(8-10)17(18)20)19-16-9-11(2)7-12(3)13(16)4/h5-9H,1-4H3,(H2,18,20). The van der Waals surface area contributed by atoms with Crippen LogP contribution in [0.5, 0.6) is 11.5 Å². The molecule has 0 spiro atoms. The summed E-state index contributed by atoms with van der Waals surface area (Å²) in [6.45, 7) is 8.20. The summed E-state index contributed by atoms with van der Waals surface area (Å²) in [6, 6.07) is 10.0. The number of rotatable bonds is 3. The molecule has 2 nitrogen and oxygen atoms in total. The van der Waals surface area contributed by atoms with Gasteiger partial charge in [-0.3, -0.25) is 0 Å². The average Bonchev–Trinajstić information content (AvgIpc) is 2.37. The second-order valence-corrected chi connectivity index (χ2v) is 5.61. The molecule has 0 aromatic heterocycles. The van der Waals surface area contributed by atoms with Crippen LogP contribution in [0, 0.1) is 27.7 Å². The van der Waals surface area contributed by atoms with E-state index in [0.29, 0.717) is 10.7 Å². The molecule has 20 heavy (non-hydrogen) atoms. The van der Waals surface area contributed by atoms with Crippen LogP contribution < -0.4 is 10.5 Å². The highest BCUT2D eigenvalue weighted by molar-refractivity contribution is 7.80. The predicted octanol–water partition coefficient (Wildman–Crippen LogP) is 4.35. The summed E-state index contributed by atoms with van der Waals surface area (Å²) in [5, 5.41) is 0. The topological polar surface area (TPSA) is 35.2 Å². The number of benzene rings is 2. The number of hydrogen-bond acceptors (Lipinski definition) is 2. The molecular formula is C17H19NOS. The van der Waals surface area contributed by atoms with Crippen molar-refractivity contribution < 1.29 is 4.74 Å². The highest BCUT2D eigenvalue weighted by atomic mass is 32.1. The van der Waals surface area contributed by atoms with Crippen LogP contribution >= 0.6 is 12.2 Å². The van der Waals surface area contributed by atoms with Gasteiger partial charge in [0.1, 0.15) is 16.5 Å². The second kappa shape index (κ2) is 5.63. The molecule has 0 unspecified atom stereocenters. The minimum absolute atomic E-state index is 0.353. The molecule has 0 fully saturated rings. The lowest BCUT2D eigenvalue weighted by Crippen LogP contribution is -2.11. The monoisotopic (exact) mass is 285 g/mol. The third kappa shape index (κ3) is 2.99. The van der Waals surface area contributed by atoms with E-state index in [1.54, 1.807) is 0 Å². The van der Waals surface area contributed by atoms with Gasteiger partial charge in [0.2, 0.25) is 0 Å². The van der Waals surface area contributed by atoms with Crippen molar-refractivity contribution in [3.05, 3.63) is 58.1 Å². The molecule has 0 amide bonds.